The van der Waals surface area contributed by atoms with Gasteiger partial charge in [-0.3, -0.25) is 18.4 Å². The summed E-state index contributed by atoms with van der Waals surface area (Å²) in [4.78, 5) is 12.7. The maximum Gasteiger partial charge on any atom is 0.412 e. The summed E-state index contributed by atoms with van der Waals surface area (Å²) in [6.45, 7) is 2.55. The van der Waals surface area contributed by atoms with Crippen molar-refractivity contribution in [3.05, 3.63) is 23.3 Å². The van der Waals surface area contributed by atoms with Crippen molar-refractivity contribution in [2.75, 3.05) is 20.3 Å². The number of esters is 1. The third-order valence-corrected chi connectivity index (χ3v) is 6.72. The van der Waals surface area contributed by atoms with Crippen molar-refractivity contribution in [1.29, 1.82) is 0 Å². The van der Waals surface area contributed by atoms with E-state index in [4.69, 9.17) is 0 Å². The van der Waals surface area contributed by atoms with Gasteiger partial charge in [0.05, 0.1) is 7.11 Å². The van der Waals surface area contributed by atoms with Gasteiger partial charge in [-0.25, -0.2) is 0 Å². The van der Waals surface area contributed by atoms with Crippen molar-refractivity contribution in [1.82, 2.24) is 0 Å². The van der Waals surface area contributed by atoms with Gasteiger partial charge in [-0.2, -0.15) is 26.3 Å². The topological polar surface area (TPSA) is 61.8 Å². The van der Waals surface area contributed by atoms with Crippen LogP contribution >= 0.6 is 7.60 Å². The second-order valence-corrected chi connectivity index (χ2v) is 9.81. The van der Waals surface area contributed by atoms with Gasteiger partial charge >= 0.3 is 25.9 Å². The summed E-state index contributed by atoms with van der Waals surface area (Å²) >= 11 is 0. The van der Waals surface area contributed by atoms with E-state index in [9.17, 15) is 35.7 Å². The molecule has 0 saturated carbocycles. The Morgan fingerprint density at radius 1 is 0.806 bits per heavy atom. The lowest BCUT2D eigenvalue weighted by Gasteiger charge is -2.37. The molecule has 5 nitrogen and oxygen atoms in total. The van der Waals surface area contributed by atoms with E-state index >= 15 is 0 Å². The third-order valence-electron chi connectivity index (χ3n) is 4.11. The van der Waals surface area contributed by atoms with Crippen LogP contribution in [0.4, 0.5) is 26.3 Å². The average molecular weight is 482 g/mol. The van der Waals surface area contributed by atoms with E-state index < -0.39 is 57.1 Å². The Morgan fingerprint density at radius 3 is 1.42 bits per heavy atom. The highest BCUT2D eigenvalue weighted by Gasteiger charge is 2.59. The van der Waals surface area contributed by atoms with Gasteiger partial charge in [0.2, 0.25) is 0 Å². The second kappa shape index (κ2) is 12.1. The first kappa shape index (κ1) is 29.7. The van der Waals surface area contributed by atoms with Gasteiger partial charge in [0, 0.05) is 0 Å². The predicted octanol–water partition coefficient (Wildman–Crippen LogP) is 6.74. The number of methoxy groups -OCH3 is 1. The lowest BCUT2D eigenvalue weighted by atomic mass is 9.95. The van der Waals surface area contributed by atoms with Crippen LogP contribution in [0.2, 0.25) is 0 Å². The monoisotopic (exact) mass is 482 g/mol. The number of alkyl halides is 6. The van der Waals surface area contributed by atoms with E-state index in [2.05, 4.69) is 13.8 Å². The summed E-state index contributed by atoms with van der Waals surface area (Å²) in [5, 5.41) is -2.36. The molecular formula is C19H29F6O5P. The summed E-state index contributed by atoms with van der Waals surface area (Å²) in [7, 11) is -4.42. The summed E-state index contributed by atoms with van der Waals surface area (Å²) in [5.74, 6) is -1.26. The minimum atomic E-state index is -5.32. The predicted molar refractivity (Wildman–Crippen MR) is 104 cm³/mol. The average Bonchev–Trinajstić information content (AvgIpc) is 2.61. The molecule has 0 unspecified atom stereocenters. The van der Waals surface area contributed by atoms with Gasteiger partial charge < -0.3 is 4.74 Å². The molecule has 31 heavy (non-hydrogen) atoms. The van der Waals surface area contributed by atoms with Crippen LogP contribution < -0.4 is 0 Å². The standard InChI is InChI=1S/C19H29F6O5P/c1-14(2)8-6-10-17(16(26)28-5,11-7-9-15(3)4)31(27,29-12-18(20,21)22)30-13-19(23,24)25/h8-9H,6-7,10-13H2,1-5H3. The third kappa shape index (κ3) is 10.7. The first-order valence-corrected chi connectivity index (χ1v) is 10.9. The molecule has 0 fully saturated rings. The highest BCUT2D eigenvalue weighted by Crippen LogP contribution is 2.65. The van der Waals surface area contributed by atoms with Gasteiger partial charge in [-0.05, 0) is 53.4 Å². The number of rotatable bonds is 12. The SMILES string of the molecule is COC(=O)C(CCC=C(C)C)(CCC=C(C)C)P(=O)(OCC(F)(F)F)OCC(F)(F)F. The van der Waals surface area contributed by atoms with E-state index in [1.165, 1.54) is 0 Å². The molecule has 0 aliphatic rings. The summed E-state index contributed by atoms with van der Waals surface area (Å²) in [6, 6.07) is 0. The quantitative estimate of drug-likeness (QED) is 0.133. The zero-order valence-electron chi connectivity index (χ0n) is 18.2. The van der Waals surface area contributed by atoms with E-state index in [0.29, 0.717) is 0 Å². The maximum absolute atomic E-state index is 13.5. The maximum atomic E-state index is 13.5. The Balaban J connectivity index is 6.49. The van der Waals surface area contributed by atoms with Crippen molar-refractivity contribution >= 4 is 13.6 Å². The number of hydrogen-bond donors (Lipinski definition) is 0. The van der Waals surface area contributed by atoms with Crippen LogP contribution in [0.5, 0.6) is 0 Å². The molecule has 0 spiro atoms. The number of halogens is 6. The molecule has 12 heteroatoms. The molecule has 0 amide bonds. The number of carbonyl (C=O) groups excluding carboxylic acids is 1. The highest BCUT2D eigenvalue weighted by atomic mass is 31.2. The first-order valence-electron chi connectivity index (χ1n) is 9.36. The number of hydrogen-bond acceptors (Lipinski definition) is 5. The molecule has 0 heterocycles. The minimum absolute atomic E-state index is 0.0288. The van der Waals surface area contributed by atoms with Crippen LogP contribution in [-0.4, -0.2) is 43.8 Å². The number of ether oxygens (including phenoxy) is 1. The fourth-order valence-electron chi connectivity index (χ4n) is 2.70. The molecule has 0 aliphatic carbocycles. The molecule has 0 radical (unpaired) electrons. The molecule has 0 N–H and O–H groups in total. The van der Waals surface area contributed by atoms with Gasteiger partial charge in [-0.15, -0.1) is 0 Å². The van der Waals surface area contributed by atoms with E-state index in [-0.39, 0.29) is 12.8 Å². The lowest BCUT2D eigenvalue weighted by molar-refractivity contribution is -0.168. The first-order chi connectivity index (χ1) is 14.0. The molecule has 0 aromatic carbocycles. The van der Waals surface area contributed by atoms with Crippen LogP contribution in [0, 0.1) is 0 Å². The molecular weight excluding hydrogens is 453 g/mol. The second-order valence-electron chi connectivity index (χ2n) is 7.44. The molecule has 0 aliphatic heterocycles. The Labute approximate surface area is 178 Å². The summed E-state index contributed by atoms with van der Waals surface area (Å²) in [6.07, 6.45) is -7.55. The summed E-state index contributed by atoms with van der Waals surface area (Å²) in [5.41, 5.74) is 1.57. The number of allylic oxidation sites excluding steroid dienone is 4. The van der Waals surface area contributed by atoms with Crippen LogP contribution in [0.25, 0.3) is 0 Å². The molecule has 0 aromatic rings. The van der Waals surface area contributed by atoms with E-state index in [0.717, 1.165) is 18.3 Å². The van der Waals surface area contributed by atoms with Crippen molar-refractivity contribution < 1.29 is 49.5 Å². The Kier molecular flexibility index (Phi) is 11.5. The molecule has 0 atom stereocenters. The fraction of sp³-hybridized carbons (Fsp3) is 0.737. The fourth-order valence-corrected chi connectivity index (χ4v) is 5.03. The minimum Gasteiger partial charge on any atom is -0.468 e. The van der Waals surface area contributed by atoms with E-state index in [1.807, 2.05) is 0 Å². The highest BCUT2D eigenvalue weighted by molar-refractivity contribution is 7.56. The van der Waals surface area contributed by atoms with Crippen molar-refractivity contribution in [2.45, 2.75) is 70.9 Å². The van der Waals surface area contributed by atoms with Crippen molar-refractivity contribution in [2.24, 2.45) is 0 Å². The normalized spacial score (nSPS) is 13.0. The molecule has 0 aromatic heterocycles. The largest absolute Gasteiger partial charge is 0.468 e. The van der Waals surface area contributed by atoms with Gasteiger partial charge in [0.15, 0.2) is 18.4 Å². The molecule has 0 rings (SSSR count). The number of carbonyl (C=O) groups is 1. The van der Waals surface area contributed by atoms with Gasteiger partial charge in [0.25, 0.3) is 0 Å². The van der Waals surface area contributed by atoms with Crippen LogP contribution in [-0.2, 0) is 23.1 Å². The van der Waals surface area contributed by atoms with Crippen LogP contribution in [0.1, 0.15) is 53.4 Å². The van der Waals surface area contributed by atoms with E-state index in [1.54, 1.807) is 39.8 Å². The lowest BCUT2D eigenvalue weighted by Crippen LogP contribution is -2.42. The van der Waals surface area contributed by atoms with Gasteiger partial charge in [0.1, 0.15) is 0 Å². The smallest absolute Gasteiger partial charge is 0.412 e. The molecule has 182 valence electrons. The summed E-state index contributed by atoms with van der Waals surface area (Å²) < 4.78 is 104. The van der Waals surface area contributed by atoms with Crippen LogP contribution in [0.15, 0.2) is 23.3 Å². The van der Waals surface area contributed by atoms with Crippen molar-refractivity contribution in [3.63, 3.8) is 0 Å². The molecule has 0 bridgehead atoms. The van der Waals surface area contributed by atoms with Gasteiger partial charge in [-0.1, -0.05) is 23.3 Å². The Hall–Kier alpha value is -1.32. The Bertz CT molecular complexity index is 645. The van der Waals surface area contributed by atoms with Crippen LogP contribution in [0.3, 0.4) is 0 Å². The zero-order chi connectivity index (χ0) is 24.5. The Morgan fingerprint density at radius 2 is 1.16 bits per heavy atom. The van der Waals surface area contributed by atoms with Crippen molar-refractivity contribution in [3.8, 4) is 0 Å². The zero-order valence-corrected chi connectivity index (χ0v) is 19.0. The molecule has 0 saturated heterocycles.